The third-order valence-electron chi connectivity index (χ3n) is 3.30. The maximum absolute atomic E-state index is 5.73. The van der Waals surface area contributed by atoms with Crippen LogP contribution >= 0.6 is 0 Å². The van der Waals surface area contributed by atoms with Gasteiger partial charge < -0.3 is 4.42 Å². The molecule has 1 heterocycles. The second-order valence-corrected chi connectivity index (χ2v) is 4.30. The first-order valence-electron chi connectivity index (χ1n) is 6.29. The Balaban J connectivity index is 2.66. The number of hydrazine groups is 1. The molecule has 0 aliphatic heterocycles. The predicted octanol–water partition coefficient (Wildman–Crippen LogP) is 3.17. The van der Waals surface area contributed by atoms with E-state index in [9.17, 15) is 0 Å². The van der Waals surface area contributed by atoms with Gasteiger partial charge in [-0.05, 0) is 24.5 Å². The summed E-state index contributed by atoms with van der Waals surface area (Å²) in [6, 6.07) is 4.21. The molecule has 0 aliphatic carbocycles. The van der Waals surface area contributed by atoms with Crippen LogP contribution in [-0.4, -0.2) is 0 Å². The summed E-state index contributed by atoms with van der Waals surface area (Å²) in [4.78, 5) is 0. The second kappa shape index (κ2) is 6.71. The number of hydrogen-bond donors (Lipinski definition) is 2. The Morgan fingerprint density at radius 3 is 2.38 bits per heavy atom. The molecule has 1 atom stereocenters. The van der Waals surface area contributed by atoms with Gasteiger partial charge in [0, 0.05) is 6.42 Å². The van der Waals surface area contributed by atoms with Gasteiger partial charge in [-0.15, -0.1) is 0 Å². The zero-order chi connectivity index (χ0) is 12.0. The molecule has 16 heavy (non-hydrogen) atoms. The number of nitrogens with two attached hydrogens (primary N) is 1. The van der Waals surface area contributed by atoms with E-state index in [2.05, 4.69) is 26.2 Å². The normalized spacial score (nSPS) is 13.3. The fourth-order valence-corrected chi connectivity index (χ4v) is 1.99. The molecule has 0 spiro atoms. The molecular formula is C13H24N2O. The van der Waals surface area contributed by atoms with E-state index >= 15 is 0 Å². The molecule has 0 amide bonds. The van der Waals surface area contributed by atoms with Crippen LogP contribution in [0.4, 0.5) is 0 Å². The quantitative estimate of drug-likeness (QED) is 0.552. The average Bonchev–Trinajstić information content (AvgIpc) is 2.79. The molecule has 0 fully saturated rings. The van der Waals surface area contributed by atoms with Crippen LogP contribution in [-0.2, 0) is 6.42 Å². The van der Waals surface area contributed by atoms with Crippen molar-refractivity contribution in [3.8, 4) is 0 Å². The number of rotatable bonds is 7. The fraction of sp³-hybridized carbons (Fsp3) is 0.692. The molecule has 0 saturated heterocycles. The third kappa shape index (κ3) is 3.35. The molecule has 1 aromatic heterocycles. The van der Waals surface area contributed by atoms with E-state index in [0.717, 1.165) is 24.4 Å². The first-order valence-corrected chi connectivity index (χ1v) is 6.29. The minimum absolute atomic E-state index is 0.144. The van der Waals surface area contributed by atoms with Crippen molar-refractivity contribution in [3.05, 3.63) is 23.7 Å². The van der Waals surface area contributed by atoms with Crippen LogP contribution in [0.3, 0.4) is 0 Å². The molecule has 0 aliphatic rings. The van der Waals surface area contributed by atoms with Gasteiger partial charge in [0.1, 0.15) is 11.5 Å². The van der Waals surface area contributed by atoms with Crippen LogP contribution in [0.2, 0.25) is 0 Å². The van der Waals surface area contributed by atoms with Crippen molar-refractivity contribution in [3.63, 3.8) is 0 Å². The summed E-state index contributed by atoms with van der Waals surface area (Å²) < 4.78 is 5.73. The minimum Gasteiger partial charge on any atom is -0.464 e. The predicted molar refractivity (Wildman–Crippen MR) is 66.8 cm³/mol. The maximum Gasteiger partial charge on any atom is 0.122 e. The molecule has 0 saturated carbocycles. The lowest BCUT2D eigenvalue weighted by Crippen LogP contribution is -2.29. The van der Waals surface area contributed by atoms with Crippen LogP contribution in [0.25, 0.3) is 0 Å². The lowest BCUT2D eigenvalue weighted by atomic mass is 9.94. The molecule has 1 rings (SSSR count). The Labute approximate surface area is 98.4 Å². The average molecular weight is 224 g/mol. The van der Waals surface area contributed by atoms with Crippen molar-refractivity contribution in [1.29, 1.82) is 0 Å². The molecule has 1 unspecified atom stereocenters. The zero-order valence-corrected chi connectivity index (χ0v) is 10.6. The number of furan rings is 1. The van der Waals surface area contributed by atoms with Gasteiger partial charge in [-0.1, -0.05) is 33.6 Å². The lowest BCUT2D eigenvalue weighted by molar-refractivity contribution is 0.325. The van der Waals surface area contributed by atoms with E-state index in [0.29, 0.717) is 5.92 Å². The van der Waals surface area contributed by atoms with Gasteiger partial charge in [0.2, 0.25) is 0 Å². The van der Waals surface area contributed by atoms with Gasteiger partial charge in [0.25, 0.3) is 0 Å². The van der Waals surface area contributed by atoms with E-state index in [-0.39, 0.29) is 6.04 Å². The Bertz CT molecular complexity index is 292. The van der Waals surface area contributed by atoms with Gasteiger partial charge in [-0.25, -0.2) is 5.43 Å². The molecule has 92 valence electrons. The molecule has 3 N–H and O–H groups in total. The summed E-state index contributed by atoms with van der Waals surface area (Å²) in [5.41, 5.74) is 2.86. The lowest BCUT2D eigenvalue weighted by Gasteiger charge is -2.19. The highest BCUT2D eigenvalue weighted by molar-refractivity contribution is 5.10. The highest BCUT2D eigenvalue weighted by Gasteiger charge is 2.17. The van der Waals surface area contributed by atoms with Gasteiger partial charge in [0.05, 0.1) is 6.04 Å². The first-order chi connectivity index (χ1) is 7.74. The standard InChI is InChI=1S/C13H24N2O/c1-4-10(5-2)9-12(15-14)13-8-7-11(6-3)16-13/h7-8,10,12,15H,4-6,9,14H2,1-3H3. The topological polar surface area (TPSA) is 51.2 Å². The largest absolute Gasteiger partial charge is 0.464 e. The summed E-state index contributed by atoms with van der Waals surface area (Å²) in [5, 5.41) is 0. The number of aryl methyl sites for hydroxylation is 1. The van der Waals surface area contributed by atoms with E-state index < -0.39 is 0 Å². The second-order valence-electron chi connectivity index (χ2n) is 4.30. The molecule has 0 bridgehead atoms. The SMILES string of the molecule is CCc1ccc(C(CC(CC)CC)NN)o1. The smallest absolute Gasteiger partial charge is 0.122 e. The van der Waals surface area contributed by atoms with Crippen LogP contribution in [0.15, 0.2) is 16.5 Å². The summed E-state index contributed by atoms with van der Waals surface area (Å²) in [7, 11) is 0. The van der Waals surface area contributed by atoms with Gasteiger partial charge in [-0.2, -0.15) is 0 Å². The van der Waals surface area contributed by atoms with E-state index in [1.807, 2.05) is 12.1 Å². The number of nitrogens with one attached hydrogen (secondary N) is 1. The molecule has 1 aromatic rings. The maximum atomic E-state index is 5.73. The molecular weight excluding hydrogens is 200 g/mol. The summed E-state index contributed by atoms with van der Waals surface area (Å²) >= 11 is 0. The monoisotopic (exact) mass is 224 g/mol. The molecule has 0 radical (unpaired) electrons. The number of hydrogen-bond acceptors (Lipinski definition) is 3. The van der Waals surface area contributed by atoms with Crippen molar-refractivity contribution in [1.82, 2.24) is 5.43 Å². The highest BCUT2D eigenvalue weighted by Crippen LogP contribution is 2.26. The third-order valence-corrected chi connectivity index (χ3v) is 3.30. The Morgan fingerprint density at radius 1 is 1.25 bits per heavy atom. The molecule has 0 aromatic carbocycles. The Morgan fingerprint density at radius 2 is 1.94 bits per heavy atom. The summed E-state index contributed by atoms with van der Waals surface area (Å²) in [6.07, 6.45) is 4.36. The van der Waals surface area contributed by atoms with Crippen molar-refractivity contribution in [2.45, 2.75) is 52.5 Å². The summed E-state index contributed by atoms with van der Waals surface area (Å²) in [5.74, 6) is 8.30. The van der Waals surface area contributed by atoms with E-state index in [4.69, 9.17) is 10.3 Å². The van der Waals surface area contributed by atoms with E-state index in [1.54, 1.807) is 0 Å². The zero-order valence-electron chi connectivity index (χ0n) is 10.6. The van der Waals surface area contributed by atoms with Gasteiger partial charge in [-0.3, -0.25) is 5.84 Å². The summed E-state index contributed by atoms with van der Waals surface area (Å²) in [6.45, 7) is 6.54. The van der Waals surface area contributed by atoms with Crippen LogP contribution < -0.4 is 11.3 Å². The minimum atomic E-state index is 0.144. The Kier molecular flexibility index (Phi) is 5.56. The van der Waals surface area contributed by atoms with Crippen molar-refractivity contribution in [2.75, 3.05) is 0 Å². The van der Waals surface area contributed by atoms with E-state index in [1.165, 1.54) is 12.8 Å². The van der Waals surface area contributed by atoms with Crippen molar-refractivity contribution in [2.24, 2.45) is 11.8 Å². The van der Waals surface area contributed by atoms with Crippen LogP contribution in [0.5, 0.6) is 0 Å². The van der Waals surface area contributed by atoms with Gasteiger partial charge in [0.15, 0.2) is 0 Å². The fourth-order valence-electron chi connectivity index (χ4n) is 1.99. The molecule has 3 nitrogen and oxygen atoms in total. The van der Waals surface area contributed by atoms with Gasteiger partial charge >= 0.3 is 0 Å². The Hall–Kier alpha value is -0.800. The first kappa shape index (κ1) is 13.3. The van der Waals surface area contributed by atoms with Crippen LogP contribution in [0, 0.1) is 5.92 Å². The highest BCUT2D eigenvalue weighted by atomic mass is 16.3. The van der Waals surface area contributed by atoms with Crippen LogP contribution in [0.1, 0.15) is 57.6 Å². The molecule has 3 heteroatoms. The van der Waals surface area contributed by atoms with Crippen molar-refractivity contribution < 1.29 is 4.42 Å². The van der Waals surface area contributed by atoms with Crippen molar-refractivity contribution >= 4 is 0 Å².